The van der Waals surface area contributed by atoms with Crippen molar-refractivity contribution in [1.29, 1.82) is 5.26 Å². The maximum absolute atomic E-state index is 13.9. The Morgan fingerprint density at radius 2 is 1.64 bits per heavy atom. The Kier molecular flexibility index (Phi) is 5.34. The van der Waals surface area contributed by atoms with Crippen molar-refractivity contribution in [2.24, 2.45) is 17.1 Å². The molecule has 1 aromatic rings. The molecule has 1 aliphatic heterocycles. The minimum absolute atomic E-state index is 0.198. The van der Waals surface area contributed by atoms with Crippen molar-refractivity contribution in [2.45, 2.75) is 26.2 Å². The van der Waals surface area contributed by atoms with Crippen molar-refractivity contribution in [3.8, 4) is 11.8 Å². The molecule has 0 saturated heterocycles. The van der Waals surface area contributed by atoms with Gasteiger partial charge in [-0.15, -0.1) is 0 Å². The fourth-order valence-electron chi connectivity index (χ4n) is 3.56. The highest BCUT2D eigenvalue weighted by Crippen LogP contribution is 2.63. The van der Waals surface area contributed by atoms with Crippen LogP contribution in [0.5, 0.6) is 5.75 Å². The van der Waals surface area contributed by atoms with Crippen LogP contribution in [0.2, 0.25) is 0 Å². The second kappa shape index (κ2) is 6.96. The minimum Gasteiger partial charge on any atom is -0.497 e. The van der Waals surface area contributed by atoms with E-state index in [9.17, 15) is 31.6 Å². The fourth-order valence-corrected chi connectivity index (χ4v) is 3.56. The lowest BCUT2D eigenvalue weighted by molar-refractivity contribution is -0.337. The quantitative estimate of drug-likeness (QED) is 0.714. The molecule has 0 amide bonds. The van der Waals surface area contributed by atoms with Crippen LogP contribution in [-0.4, -0.2) is 19.5 Å². The molecule has 1 atom stereocenters. The van der Waals surface area contributed by atoms with Crippen molar-refractivity contribution < 1.29 is 31.1 Å². The van der Waals surface area contributed by atoms with E-state index in [1.807, 2.05) is 0 Å². The van der Waals surface area contributed by atoms with Crippen molar-refractivity contribution in [3.05, 3.63) is 47.4 Å². The number of anilines is 1. The summed E-state index contributed by atoms with van der Waals surface area (Å²) in [6.07, 6.45) is -10.5. The van der Waals surface area contributed by atoms with Gasteiger partial charge in [-0.2, -0.15) is 31.6 Å². The van der Waals surface area contributed by atoms with Crippen LogP contribution in [0.25, 0.3) is 0 Å². The molecular formula is C18H17F6N3O. The molecular weight excluding hydrogens is 388 g/mol. The van der Waals surface area contributed by atoms with Crippen LogP contribution in [-0.2, 0) is 0 Å². The van der Waals surface area contributed by atoms with Crippen molar-refractivity contribution >= 4 is 5.69 Å². The van der Waals surface area contributed by atoms with Gasteiger partial charge in [-0.3, -0.25) is 0 Å². The third-order valence-corrected chi connectivity index (χ3v) is 4.88. The third kappa shape index (κ3) is 2.85. The Morgan fingerprint density at radius 3 is 2.00 bits per heavy atom. The normalized spacial score (nSPS) is 21.6. The molecule has 1 aliphatic rings. The number of allylic oxidation sites excluding steroid dienone is 3. The van der Waals surface area contributed by atoms with Gasteiger partial charge in [-0.1, -0.05) is 13.0 Å². The lowest BCUT2D eigenvalue weighted by Crippen LogP contribution is -2.60. The lowest BCUT2D eigenvalue weighted by Gasteiger charge is -2.49. The fraction of sp³-hybridized carbons (Fsp3) is 0.389. The maximum Gasteiger partial charge on any atom is 0.408 e. The van der Waals surface area contributed by atoms with Crippen molar-refractivity contribution in [3.63, 3.8) is 0 Å². The molecule has 1 unspecified atom stereocenters. The number of methoxy groups -OCH3 is 1. The van der Waals surface area contributed by atoms with Crippen LogP contribution in [0, 0.1) is 22.7 Å². The molecule has 0 fully saturated rings. The highest BCUT2D eigenvalue weighted by Gasteiger charge is 2.77. The standard InChI is InChI=1S/C18H17F6N3O/c1-4-14-10(2)16(17(19,20)21,18(22,23)24)13(9-25)15(26)27(14)11-5-7-12(28-3)8-6-11/h4-8,10H,26H2,1-3H3/b14-4+. The zero-order valence-electron chi connectivity index (χ0n) is 15.1. The summed E-state index contributed by atoms with van der Waals surface area (Å²) in [5.74, 6) is -2.64. The average Bonchev–Trinajstić information content (AvgIpc) is 2.60. The highest BCUT2D eigenvalue weighted by atomic mass is 19.4. The molecule has 2 N–H and O–H groups in total. The van der Waals surface area contributed by atoms with Crippen LogP contribution in [0.15, 0.2) is 47.4 Å². The lowest BCUT2D eigenvalue weighted by atomic mass is 9.65. The summed E-state index contributed by atoms with van der Waals surface area (Å²) in [7, 11) is 1.40. The summed E-state index contributed by atoms with van der Waals surface area (Å²) >= 11 is 0. The number of nitrogens with zero attached hydrogens (tertiary/aromatic N) is 2. The van der Waals surface area contributed by atoms with Gasteiger partial charge >= 0.3 is 12.4 Å². The smallest absolute Gasteiger partial charge is 0.408 e. The molecule has 0 aromatic heterocycles. The SMILES string of the molecule is C/C=C1\C(C)C(C(F)(F)F)(C(F)(F)F)C(C#N)=C(N)N1c1ccc(OC)cc1. The first-order valence-corrected chi connectivity index (χ1v) is 8.02. The Labute approximate surface area is 157 Å². The second-order valence-corrected chi connectivity index (χ2v) is 6.14. The summed E-state index contributed by atoms with van der Waals surface area (Å²) in [6.45, 7) is 2.10. The van der Waals surface area contributed by atoms with Crippen LogP contribution < -0.4 is 15.4 Å². The highest BCUT2D eigenvalue weighted by molar-refractivity contribution is 5.65. The number of hydrogen-bond acceptors (Lipinski definition) is 4. The predicted octanol–water partition coefficient (Wildman–Crippen LogP) is 4.86. The number of alkyl halides is 6. The number of rotatable bonds is 2. The van der Waals surface area contributed by atoms with Crippen LogP contribution in [0.1, 0.15) is 13.8 Å². The number of halogens is 6. The van der Waals surface area contributed by atoms with Gasteiger partial charge in [-0.25, -0.2) is 0 Å². The number of nitrogens with two attached hydrogens (primary N) is 1. The maximum atomic E-state index is 13.9. The van der Waals surface area contributed by atoms with Gasteiger partial charge in [0.2, 0.25) is 5.41 Å². The van der Waals surface area contributed by atoms with Gasteiger partial charge in [0.05, 0.1) is 18.8 Å². The molecule has 2 rings (SSSR count). The van der Waals surface area contributed by atoms with Crippen LogP contribution in [0.3, 0.4) is 0 Å². The van der Waals surface area contributed by atoms with Gasteiger partial charge in [0, 0.05) is 17.3 Å². The molecule has 0 bridgehead atoms. The summed E-state index contributed by atoms with van der Waals surface area (Å²) in [5.41, 5.74) is -0.375. The van der Waals surface area contributed by atoms with Crippen molar-refractivity contribution in [2.75, 3.05) is 12.0 Å². The molecule has 0 radical (unpaired) electrons. The Morgan fingerprint density at radius 1 is 1.14 bits per heavy atom. The van der Waals surface area contributed by atoms with E-state index in [0.717, 1.165) is 24.0 Å². The van der Waals surface area contributed by atoms with E-state index in [-0.39, 0.29) is 11.4 Å². The molecule has 152 valence electrons. The molecule has 1 aromatic carbocycles. The van der Waals surface area contributed by atoms with Gasteiger partial charge in [-0.05, 0) is 31.2 Å². The van der Waals surface area contributed by atoms with Gasteiger partial charge in [0.25, 0.3) is 0 Å². The van der Waals surface area contributed by atoms with Crippen molar-refractivity contribution in [1.82, 2.24) is 0 Å². The zero-order chi connectivity index (χ0) is 21.5. The topological polar surface area (TPSA) is 62.3 Å². The van der Waals surface area contributed by atoms with E-state index in [0.29, 0.717) is 5.75 Å². The van der Waals surface area contributed by atoms with E-state index in [1.54, 1.807) is 0 Å². The van der Waals surface area contributed by atoms with E-state index in [1.165, 1.54) is 38.3 Å². The van der Waals surface area contributed by atoms with Gasteiger partial charge in [0.1, 0.15) is 11.6 Å². The average molecular weight is 405 g/mol. The summed E-state index contributed by atoms with van der Waals surface area (Å²) in [4.78, 5) is 1.03. The Bertz CT molecular complexity index is 832. The number of nitriles is 1. The number of benzene rings is 1. The van der Waals surface area contributed by atoms with Crippen LogP contribution in [0.4, 0.5) is 32.0 Å². The first kappa shape index (κ1) is 21.5. The molecule has 0 spiro atoms. The Hall–Kier alpha value is -2.83. The molecule has 4 nitrogen and oxygen atoms in total. The minimum atomic E-state index is -5.79. The van der Waals surface area contributed by atoms with E-state index in [2.05, 4.69) is 0 Å². The molecule has 0 saturated carbocycles. The summed E-state index contributed by atoms with van der Waals surface area (Å²) < 4.78 is 88.2. The summed E-state index contributed by atoms with van der Waals surface area (Å²) in [6, 6.07) is 6.87. The summed E-state index contributed by atoms with van der Waals surface area (Å²) in [5, 5.41) is 9.29. The molecule has 0 aliphatic carbocycles. The first-order valence-electron chi connectivity index (χ1n) is 8.02. The third-order valence-electron chi connectivity index (χ3n) is 4.88. The van der Waals surface area contributed by atoms with Crippen LogP contribution >= 0.6 is 0 Å². The number of hydrogen-bond donors (Lipinski definition) is 1. The van der Waals surface area contributed by atoms with Gasteiger partial charge < -0.3 is 15.4 Å². The largest absolute Gasteiger partial charge is 0.497 e. The second-order valence-electron chi connectivity index (χ2n) is 6.14. The monoisotopic (exact) mass is 405 g/mol. The van der Waals surface area contributed by atoms with E-state index < -0.39 is 35.1 Å². The molecule has 10 heteroatoms. The number of ether oxygens (including phenoxy) is 1. The van der Waals surface area contributed by atoms with Gasteiger partial charge in [0.15, 0.2) is 0 Å². The van der Waals surface area contributed by atoms with E-state index in [4.69, 9.17) is 10.5 Å². The molecule has 28 heavy (non-hydrogen) atoms. The first-order chi connectivity index (χ1) is 12.9. The molecule has 1 heterocycles. The predicted molar refractivity (Wildman–Crippen MR) is 89.8 cm³/mol. The van der Waals surface area contributed by atoms with E-state index >= 15 is 0 Å². The zero-order valence-corrected chi connectivity index (χ0v) is 15.1. The Balaban J connectivity index is 2.90.